The highest BCUT2D eigenvalue weighted by atomic mass is 28.4. The van der Waals surface area contributed by atoms with E-state index in [4.69, 9.17) is 4.43 Å². The van der Waals surface area contributed by atoms with E-state index in [0.717, 1.165) is 26.1 Å². The molecular weight excluding hydrogens is 507 g/mol. The summed E-state index contributed by atoms with van der Waals surface area (Å²) in [6.07, 6.45) is 5.55. The number of rotatable bonds is 11. The molecule has 0 heterocycles. The van der Waals surface area contributed by atoms with Crippen molar-refractivity contribution in [3.63, 3.8) is 0 Å². The van der Waals surface area contributed by atoms with Crippen LogP contribution in [0.15, 0.2) is 103 Å². The summed E-state index contributed by atoms with van der Waals surface area (Å²) in [5, 5.41) is 2.61. The third kappa shape index (κ3) is 8.91. The fraction of sp³-hybridized carbons (Fsp3) is 0.371. The number of hydrogen-bond donors (Lipinski definition) is 0. The molecule has 0 aliphatic heterocycles. The molecule has 4 heteroatoms. The first-order chi connectivity index (χ1) is 18.5. The predicted octanol–water partition coefficient (Wildman–Crippen LogP) is 7.28. The van der Waals surface area contributed by atoms with Gasteiger partial charge in [0.05, 0.1) is 12.6 Å². The van der Waals surface area contributed by atoms with Crippen molar-refractivity contribution in [2.45, 2.75) is 71.4 Å². The molecule has 0 aromatic heterocycles. The second-order valence-electron chi connectivity index (χ2n) is 12.4. The first kappa shape index (κ1) is 30.8. The summed E-state index contributed by atoms with van der Waals surface area (Å²) in [6, 6.07) is 32.5. The van der Waals surface area contributed by atoms with Gasteiger partial charge in [0.15, 0.2) is 0 Å². The van der Waals surface area contributed by atoms with Crippen LogP contribution < -0.4 is 10.4 Å². The van der Waals surface area contributed by atoms with Gasteiger partial charge in [-0.25, -0.2) is 0 Å². The number of nitrogens with zero attached hydrogens (tertiary/aromatic N) is 1. The third-order valence-electron chi connectivity index (χ3n) is 6.88. The Bertz CT molecular complexity index is 1180. The van der Waals surface area contributed by atoms with E-state index in [-0.39, 0.29) is 11.1 Å². The zero-order valence-corrected chi connectivity index (χ0v) is 27.1. The molecule has 0 unspecified atom stereocenters. The Balaban J connectivity index is 1.89. The minimum atomic E-state index is -2.60. The highest BCUT2D eigenvalue weighted by Gasteiger charge is 2.51. The van der Waals surface area contributed by atoms with Gasteiger partial charge in [-0.1, -0.05) is 156 Å². The molecule has 0 saturated carbocycles. The zero-order valence-electron chi connectivity index (χ0n) is 25.1. The quantitative estimate of drug-likeness (QED) is 0.141. The van der Waals surface area contributed by atoms with Crippen molar-refractivity contribution >= 4 is 26.8 Å². The normalized spacial score (nSPS) is 13.3. The van der Waals surface area contributed by atoms with Gasteiger partial charge in [0, 0.05) is 13.1 Å². The van der Waals surface area contributed by atoms with Gasteiger partial charge in [0.25, 0.3) is 8.32 Å². The summed E-state index contributed by atoms with van der Waals surface area (Å²) in [7, 11) is -4.00. The van der Waals surface area contributed by atoms with Gasteiger partial charge in [-0.05, 0) is 27.4 Å². The lowest BCUT2D eigenvalue weighted by molar-refractivity contribution is 0.227. The smallest absolute Gasteiger partial charge is 0.261 e. The highest BCUT2D eigenvalue weighted by Crippen LogP contribution is 2.38. The van der Waals surface area contributed by atoms with E-state index in [1.807, 2.05) is 0 Å². The fourth-order valence-electron chi connectivity index (χ4n) is 4.98. The maximum Gasteiger partial charge on any atom is 0.261 e. The van der Waals surface area contributed by atoms with E-state index in [1.54, 1.807) is 0 Å². The monoisotopic (exact) mass is 553 g/mol. The first-order valence-electron chi connectivity index (χ1n) is 14.3. The second kappa shape index (κ2) is 14.1. The van der Waals surface area contributed by atoms with E-state index >= 15 is 0 Å². The number of hydrogen-bond acceptors (Lipinski definition) is 2. The molecule has 0 N–H and O–H groups in total. The summed E-state index contributed by atoms with van der Waals surface area (Å²) >= 11 is 0. The van der Waals surface area contributed by atoms with Gasteiger partial charge in [-0.15, -0.1) is 5.54 Å². The Hall–Kier alpha value is -2.69. The van der Waals surface area contributed by atoms with Crippen LogP contribution in [0.25, 0.3) is 0 Å². The van der Waals surface area contributed by atoms with E-state index in [1.165, 1.54) is 15.9 Å². The molecule has 2 nitrogen and oxygen atoms in total. The molecule has 0 fully saturated rings. The molecule has 0 bridgehead atoms. The molecule has 39 heavy (non-hydrogen) atoms. The lowest BCUT2D eigenvalue weighted by Gasteiger charge is -2.44. The van der Waals surface area contributed by atoms with Crippen LogP contribution in [-0.2, 0) is 11.0 Å². The first-order valence-corrected chi connectivity index (χ1v) is 19.7. The summed E-state index contributed by atoms with van der Waals surface area (Å²) in [4.78, 5) is 2.43. The zero-order chi connectivity index (χ0) is 28.4. The average Bonchev–Trinajstić information content (AvgIpc) is 2.90. The van der Waals surface area contributed by atoms with Gasteiger partial charge in [0.2, 0.25) is 0 Å². The summed E-state index contributed by atoms with van der Waals surface area (Å²) < 4.78 is 7.36. The van der Waals surface area contributed by atoms with Crippen LogP contribution in [0.5, 0.6) is 0 Å². The van der Waals surface area contributed by atoms with E-state index < -0.39 is 16.4 Å². The van der Waals surface area contributed by atoms with Gasteiger partial charge in [0.1, 0.15) is 8.07 Å². The molecule has 0 aliphatic rings. The Morgan fingerprint density at radius 2 is 1.33 bits per heavy atom. The van der Waals surface area contributed by atoms with Crippen LogP contribution in [0.3, 0.4) is 0 Å². The van der Waals surface area contributed by atoms with Crippen LogP contribution in [0.2, 0.25) is 24.7 Å². The van der Waals surface area contributed by atoms with Gasteiger partial charge in [-0.3, -0.25) is 4.90 Å². The Labute approximate surface area is 240 Å². The van der Waals surface area contributed by atoms with Gasteiger partial charge in [-0.2, -0.15) is 0 Å². The highest BCUT2D eigenvalue weighted by molar-refractivity contribution is 6.99. The molecule has 0 amide bonds. The lowest BCUT2D eigenvalue weighted by atomic mass is 10.2. The SMILES string of the molecule is CC[C@@H](/C=C/CN(CC#C[Si](C)(C)C)Cc1ccccc1)O[Si](c1ccccc1)(c1ccccc1)C(C)(C)C. The van der Waals surface area contributed by atoms with Gasteiger partial charge >= 0.3 is 0 Å². The predicted molar refractivity (Wildman–Crippen MR) is 175 cm³/mol. The summed E-state index contributed by atoms with van der Waals surface area (Å²) in [5.41, 5.74) is 4.85. The summed E-state index contributed by atoms with van der Waals surface area (Å²) in [6.45, 7) is 18.7. The van der Waals surface area contributed by atoms with Crippen LogP contribution in [0.1, 0.15) is 39.7 Å². The average molecular weight is 554 g/mol. The third-order valence-corrected chi connectivity index (χ3v) is 12.9. The molecule has 206 valence electrons. The van der Waals surface area contributed by atoms with E-state index in [2.05, 4.69) is 167 Å². The fourth-order valence-corrected chi connectivity index (χ4v) is 10.3. The molecule has 1 atom stereocenters. The second-order valence-corrected chi connectivity index (χ2v) is 21.4. The molecule has 0 spiro atoms. The Morgan fingerprint density at radius 3 is 1.79 bits per heavy atom. The van der Waals surface area contributed by atoms with E-state index in [9.17, 15) is 0 Å². The topological polar surface area (TPSA) is 12.5 Å². The largest absolute Gasteiger partial charge is 0.401 e. The van der Waals surface area contributed by atoms with Crippen molar-refractivity contribution in [3.8, 4) is 11.5 Å². The van der Waals surface area contributed by atoms with Crippen molar-refractivity contribution in [3.05, 3.63) is 109 Å². The summed E-state index contributed by atoms with van der Waals surface area (Å²) in [5.74, 6) is 3.48. The molecule has 0 saturated heterocycles. The molecule has 0 radical (unpaired) electrons. The Kier molecular flexibility index (Phi) is 11.1. The molecule has 3 aromatic rings. The van der Waals surface area contributed by atoms with Crippen molar-refractivity contribution in [1.29, 1.82) is 0 Å². The van der Waals surface area contributed by atoms with Crippen LogP contribution in [0, 0.1) is 11.5 Å². The minimum Gasteiger partial charge on any atom is -0.401 e. The molecule has 0 aliphatic carbocycles. The van der Waals surface area contributed by atoms with Crippen LogP contribution in [-0.4, -0.2) is 40.5 Å². The standard InChI is InChI=1S/C35H47NOSi2/c1-8-32(22-18-27-36(28-19-29-38(5,6)7)30-31-20-12-9-13-21-31)37-39(35(2,3)4,33-23-14-10-15-24-33)34-25-16-11-17-26-34/h9-18,20-26,32H,8,27-28,30H2,1-7H3/b22-18+/t32-/m0/s1. The maximum atomic E-state index is 7.36. The molecule has 3 aromatic carbocycles. The number of benzene rings is 3. The molecule has 3 rings (SSSR count). The van der Waals surface area contributed by atoms with Crippen molar-refractivity contribution < 1.29 is 4.43 Å². The van der Waals surface area contributed by atoms with E-state index in [0.29, 0.717) is 0 Å². The van der Waals surface area contributed by atoms with Crippen molar-refractivity contribution in [2.24, 2.45) is 0 Å². The minimum absolute atomic E-state index is 0.0305. The van der Waals surface area contributed by atoms with Crippen molar-refractivity contribution in [1.82, 2.24) is 4.90 Å². The lowest BCUT2D eigenvalue weighted by Crippen LogP contribution is -2.67. The van der Waals surface area contributed by atoms with Crippen LogP contribution >= 0.6 is 0 Å². The van der Waals surface area contributed by atoms with Crippen LogP contribution in [0.4, 0.5) is 0 Å². The van der Waals surface area contributed by atoms with Gasteiger partial charge < -0.3 is 4.43 Å². The van der Waals surface area contributed by atoms with Crippen molar-refractivity contribution in [2.75, 3.05) is 13.1 Å². The Morgan fingerprint density at radius 1 is 0.821 bits per heavy atom. The molecular formula is C35H47NOSi2. The maximum absolute atomic E-state index is 7.36.